The molecule has 1 N–H and O–H groups in total. The molecule has 0 aliphatic heterocycles. The zero-order chi connectivity index (χ0) is 11.3. The van der Waals surface area contributed by atoms with Gasteiger partial charge in [-0.25, -0.2) is 0 Å². The average molecular weight is 203 g/mol. The summed E-state index contributed by atoms with van der Waals surface area (Å²) in [7, 11) is 1.99. The molecule has 1 heteroatoms. The van der Waals surface area contributed by atoms with Gasteiger partial charge >= 0.3 is 0 Å². The molecule has 0 heterocycles. The number of rotatable bonds is 4. The highest BCUT2D eigenvalue weighted by Gasteiger charge is 2.03. The molecule has 0 aliphatic carbocycles. The molecule has 0 bridgehead atoms. The minimum atomic E-state index is 0.594. The summed E-state index contributed by atoms with van der Waals surface area (Å²) in [5.74, 6) is 0.594. The SMILES string of the molecule is CNCC(=Cc1ccccc1C)C(C)C. The Morgan fingerprint density at radius 2 is 2.00 bits per heavy atom. The van der Waals surface area contributed by atoms with Crippen molar-refractivity contribution in [3.63, 3.8) is 0 Å². The highest BCUT2D eigenvalue weighted by molar-refractivity contribution is 5.57. The summed E-state index contributed by atoms with van der Waals surface area (Å²) in [6.45, 7) is 7.60. The van der Waals surface area contributed by atoms with E-state index < -0.39 is 0 Å². The van der Waals surface area contributed by atoms with Crippen LogP contribution in [-0.2, 0) is 0 Å². The predicted octanol–water partition coefficient (Wildman–Crippen LogP) is 3.25. The van der Waals surface area contributed by atoms with Gasteiger partial charge in [-0.3, -0.25) is 0 Å². The summed E-state index contributed by atoms with van der Waals surface area (Å²) in [6.07, 6.45) is 2.30. The molecule has 0 fully saturated rings. The number of benzene rings is 1. The Labute approximate surface area is 93.2 Å². The molecule has 0 spiro atoms. The third-order valence-electron chi connectivity index (χ3n) is 2.65. The summed E-state index contributed by atoms with van der Waals surface area (Å²) in [5, 5.41) is 3.22. The Morgan fingerprint density at radius 1 is 1.33 bits per heavy atom. The lowest BCUT2D eigenvalue weighted by molar-refractivity contribution is 0.713. The van der Waals surface area contributed by atoms with Gasteiger partial charge in [-0.2, -0.15) is 0 Å². The van der Waals surface area contributed by atoms with Gasteiger partial charge in [0.2, 0.25) is 0 Å². The average Bonchev–Trinajstić information content (AvgIpc) is 2.20. The standard InChI is InChI=1S/C14H21N/c1-11(2)14(10-15-4)9-13-8-6-5-7-12(13)3/h5-9,11,15H,10H2,1-4H3. The largest absolute Gasteiger partial charge is 0.316 e. The van der Waals surface area contributed by atoms with Gasteiger partial charge in [0.25, 0.3) is 0 Å². The predicted molar refractivity (Wildman–Crippen MR) is 67.9 cm³/mol. The van der Waals surface area contributed by atoms with Crippen molar-refractivity contribution >= 4 is 6.08 Å². The molecule has 82 valence electrons. The van der Waals surface area contributed by atoms with E-state index in [0.717, 1.165) is 6.54 Å². The van der Waals surface area contributed by atoms with E-state index in [1.54, 1.807) is 0 Å². The molecule has 1 aromatic rings. The van der Waals surface area contributed by atoms with Crippen LogP contribution in [0, 0.1) is 12.8 Å². The van der Waals surface area contributed by atoms with Gasteiger partial charge in [0.05, 0.1) is 0 Å². The minimum absolute atomic E-state index is 0.594. The molecule has 1 rings (SSSR count). The van der Waals surface area contributed by atoms with Crippen molar-refractivity contribution in [3.05, 3.63) is 41.0 Å². The van der Waals surface area contributed by atoms with Crippen LogP contribution < -0.4 is 5.32 Å². The summed E-state index contributed by atoms with van der Waals surface area (Å²) in [6, 6.07) is 8.51. The van der Waals surface area contributed by atoms with E-state index in [1.807, 2.05) is 7.05 Å². The molecule has 0 aromatic heterocycles. The van der Waals surface area contributed by atoms with Crippen LogP contribution in [-0.4, -0.2) is 13.6 Å². The number of nitrogens with one attached hydrogen (secondary N) is 1. The molecule has 0 atom stereocenters. The molecule has 0 unspecified atom stereocenters. The van der Waals surface area contributed by atoms with Gasteiger partial charge in [-0.15, -0.1) is 0 Å². The first-order valence-electron chi connectivity index (χ1n) is 5.56. The first-order chi connectivity index (χ1) is 7.15. The van der Waals surface area contributed by atoms with Crippen molar-refractivity contribution in [2.45, 2.75) is 20.8 Å². The topological polar surface area (TPSA) is 12.0 Å². The van der Waals surface area contributed by atoms with Gasteiger partial charge in [0.15, 0.2) is 0 Å². The number of likely N-dealkylation sites (N-methyl/N-ethyl adjacent to an activating group) is 1. The normalized spacial score (nSPS) is 12.2. The van der Waals surface area contributed by atoms with Crippen molar-refractivity contribution in [2.24, 2.45) is 5.92 Å². The molecule has 0 aliphatic rings. The monoisotopic (exact) mass is 203 g/mol. The third kappa shape index (κ3) is 3.52. The molecule has 1 aromatic carbocycles. The molecule has 0 saturated carbocycles. The molecular weight excluding hydrogens is 182 g/mol. The highest BCUT2D eigenvalue weighted by Crippen LogP contribution is 2.16. The smallest absolute Gasteiger partial charge is 0.0167 e. The van der Waals surface area contributed by atoms with Gasteiger partial charge in [-0.05, 0) is 31.0 Å². The Kier molecular flexibility index (Phi) is 4.57. The fraction of sp³-hybridized carbons (Fsp3) is 0.429. The van der Waals surface area contributed by atoms with E-state index in [2.05, 4.69) is 56.4 Å². The van der Waals surface area contributed by atoms with Gasteiger partial charge in [0.1, 0.15) is 0 Å². The van der Waals surface area contributed by atoms with Crippen LogP contribution in [0.3, 0.4) is 0 Å². The van der Waals surface area contributed by atoms with E-state index in [-0.39, 0.29) is 0 Å². The number of hydrogen-bond donors (Lipinski definition) is 1. The van der Waals surface area contributed by atoms with E-state index in [0.29, 0.717) is 5.92 Å². The fourth-order valence-corrected chi connectivity index (χ4v) is 1.57. The Hall–Kier alpha value is -1.08. The van der Waals surface area contributed by atoms with Crippen molar-refractivity contribution in [2.75, 3.05) is 13.6 Å². The summed E-state index contributed by atoms with van der Waals surface area (Å²) in [5.41, 5.74) is 4.12. The van der Waals surface area contributed by atoms with Crippen molar-refractivity contribution < 1.29 is 0 Å². The van der Waals surface area contributed by atoms with Gasteiger partial charge < -0.3 is 5.32 Å². The first kappa shape index (κ1) is 12.0. The van der Waals surface area contributed by atoms with Crippen LogP contribution in [0.2, 0.25) is 0 Å². The second-order valence-electron chi connectivity index (χ2n) is 4.26. The zero-order valence-electron chi connectivity index (χ0n) is 10.2. The zero-order valence-corrected chi connectivity index (χ0v) is 10.2. The van der Waals surface area contributed by atoms with Crippen LogP contribution in [0.15, 0.2) is 29.8 Å². The molecule has 0 radical (unpaired) electrons. The molecule has 15 heavy (non-hydrogen) atoms. The lowest BCUT2D eigenvalue weighted by Crippen LogP contribution is -2.13. The lowest BCUT2D eigenvalue weighted by atomic mass is 9.98. The number of aryl methyl sites for hydroxylation is 1. The van der Waals surface area contributed by atoms with Crippen LogP contribution >= 0.6 is 0 Å². The Morgan fingerprint density at radius 3 is 2.53 bits per heavy atom. The van der Waals surface area contributed by atoms with Crippen LogP contribution in [0.4, 0.5) is 0 Å². The van der Waals surface area contributed by atoms with Crippen LogP contribution in [0.5, 0.6) is 0 Å². The molecule has 1 nitrogen and oxygen atoms in total. The maximum absolute atomic E-state index is 3.22. The Balaban J connectivity index is 2.97. The maximum atomic E-state index is 3.22. The van der Waals surface area contributed by atoms with E-state index in [1.165, 1.54) is 16.7 Å². The highest BCUT2D eigenvalue weighted by atomic mass is 14.8. The second-order valence-corrected chi connectivity index (χ2v) is 4.26. The number of hydrogen-bond acceptors (Lipinski definition) is 1. The quantitative estimate of drug-likeness (QED) is 0.792. The Bertz CT molecular complexity index is 337. The van der Waals surface area contributed by atoms with E-state index >= 15 is 0 Å². The van der Waals surface area contributed by atoms with Crippen LogP contribution in [0.1, 0.15) is 25.0 Å². The van der Waals surface area contributed by atoms with Gasteiger partial charge in [-0.1, -0.05) is 49.8 Å². The third-order valence-corrected chi connectivity index (χ3v) is 2.65. The van der Waals surface area contributed by atoms with Crippen molar-refractivity contribution in [1.29, 1.82) is 0 Å². The second kappa shape index (κ2) is 5.72. The summed E-state index contributed by atoms with van der Waals surface area (Å²) < 4.78 is 0. The summed E-state index contributed by atoms with van der Waals surface area (Å²) >= 11 is 0. The van der Waals surface area contributed by atoms with Gasteiger partial charge in [0, 0.05) is 6.54 Å². The molecule has 0 saturated heterocycles. The van der Waals surface area contributed by atoms with Crippen molar-refractivity contribution in [3.8, 4) is 0 Å². The molecular formula is C14H21N. The van der Waals surface area contributed by atoms with E-state index in [4.69, 9.17) is 0 Å². The van der Waals surface area contributed by atoms with E-state index in [9.17, 15) is 0 Å². The fourth-order valence-electron chi connectivity index (χ4n) is 1.57. The van der Waals surface area contributed by atoms with Crippen LogP contribution in [0.25, 0.3) is 6.08 Å². The minimum Gasteiger partial charge on any atom is -0.316 e. The van der Waals surface area contributed by atoms with Crippen molar-refractivity contribution in [1.82, 2.24) is 5.32 Å². The lowest BCUT2D eigenvalue weighted by Gasteiger charge is -2.11. The molecule has 0 amide bonds. The first-order valence-corrected chi connectivity index (χ1v) is 5.56. The maximum Gasteiger partial charge on any atom is 0.0167 e. The summed E-state index contributed by atoms with van der Waals surface area (Å²) in [4.78, 5) is 0.